The Labute approximate surface area is 190 Å². The Hall–Kier alpha value is -2.16. The van der Waals surface area contributed by atoms with Crippen LogP contribution < -0.4 is 10.9 Å². The van der Waals surface area contributed by atoms with Gasteiger partial charge in [0.15, 0.2) is 5.16 Å². The van der Waals surface area contributed by atoms with Crippen molar-refractivity contribution in [1.82, 2.24) is 9.55 Å². The van der Waals surface area contributed by atoms with Crippen molar-refractivity contribution >= 4 is 44.9 Å². The van der Waals surface area contributed by atoms with E-state index in [1.54, 1.807) is 23.0 Å². The molecular formula is C23H27N3O3S2. The highest BCUT2D eigenvalue weighted by Gasteiger charge is 2.22. The fourth-order valence-corrected chi connectivity index (χ4v) is 6.02. The second-order valence-electron chi connectivity index (χ2n) is 7.89. The predicted molar refractivity (Wildman–Crippen MR) is 128 cm³/mol. The van der Waals surface area contributed by atoms with Crippen LogP contribution in [0.3, 0.4) is 0 Å². The number of aryl methyl sites for hydroxylation is 4. The van der Waals surface area contributed by atoms with Crippen LogP contribution >= 0.6 is 23.1 Å². The van der Waals surface area contributed by atoms with Crippen molar-refractivity contribution in [2.75, 3.05) is 24.8 Å². The van der Waals surface area contributed by atoms with E-state index in [1.807, 2.05) is 32.0 Å². The lowest BCUT2D eigenvalue weighted by molar-refractivity contribution is -0.113. The van der Waals surface area contributed by atoms with E-state index in [1.165, 1.54) is 22.2 Å². The van der Waals surface area contributed by atoms with Gasteiger partial charge in [-0.1, -0.05) is 23.9 Å². The molecule has 0 spiro atoms. The lowest BCUT2D eigenvalue weighted by Crippen LogP contribution is -2.26. The molecule has 2 aromatic heterocycles. The molecule has 1 amide bonds. The molecule has 0 unspecified atom stereocenters. The molecule has 31 heavy (non-hydrogen) atoms. The number of carbonyl (C=O) groups excluding carboxylic acids is 1. The zero-order valence-corrected chi connectivity index (χ0v) is 19.8. The van der Waals surface area contributed by atoms with Gasteiger partial charge in [0.25, 0.3) is 5.56 Å². The number of nitrogens with zero attached hydrogens (tertiary/aromatic N) is 2. The van der Waals surface area contributed by atoms with Crippen LogP contribution in [0.25, 0.3) is 10.2 Å². The lowest BCUT2D eigenvalue weighted by atomic mass is 9.97. The molecular weight excluding hydrogens is 430 g/mol. The smallest absolute Gasteiger partial charge is 0.263 e. The molecule has 1 aliphatic rings. The van der Waals surface area contributed by atoms with Gasteiger partial charge in [0.1, 0.15) is 4.83 Å². The van der Waals surface area contributed by atoms with Gasteiger partial charge in [-0.2, -0.15) is 0 Å². The first-order valence-electron chi connectivity index (χ1n) is 10.5. The van der Waals surface area contributed by atoms with Gasteiger partial charge in [-0.15, -0.1) is 11.3 Å². The van der Waals surface area contributed by atoms with Crippen LogP contribution in [0.4, 0.5) is 5.69 Å². The monoisotopic (exact) mass is 457 g/mol. The number of ether oxygens (including phenoxy) is 1. The van der Waals surface area contributed by atoms with E-state index in [-0.39, 0.29) is 17.2 Å². The van der Waals surface area contributed by atoms with Gasteiger partial charge in [-0.3, -0.25) is 14.2 Å². The van der Waals surface area contributed by atoms with Crippen LogP contribution in [0.1, 0.15) is 34.4 Å². The van der Waals surface area contributed by atoms with Crippen molar-refractivity contribution in [3.8, 4) is 0 Å². The van der Waals surface area contributed by atoms with Crippen LogP contribution in [0.5, 0.6) is 0 Å². The molecule has 0 saturated heterocycles. The number of rotatable bonds is 7. The predicted octanol–water partition coefficient (Wildman–Crippen LogP) is 4.33. The van der Waals surface area contributed by atoms with Gasteiger partial charge in [-0.05, 0) is 62.3 Å². The third-order valence-electron chi connectivity index (χ3n) is 5.56. The van der Waals surface area contributed by atoms with Crippen LogP contribution in [-0.2, 0) is 28.9 Å². The van der Waals surface area contributed by atoms with Gasteiger partial charge in [-0.25, -0.2) is 4.98 Å². The Balaban J connectivity index is 1.60. The number of nitrogens with one attached hydrogen (secondary N) is 1. The quantitative estimate of drug-likeness (QED) is 0.422. The van der Waals surface area contributed by atoms with Crippen molar-refractivity contribution in [3.63, 3.8) is 0 Å². The first-order valence-corrected chi connectivity index (χ1v) is 12.3. The molecule has 8 heteroatoms. The summed E-state index contributed by atoms with van der Waals surface area (Å²) in [5.41, 5.74) is 4.09. The highest BCUT2D eigenvalue weighted by atomic mass is 32.2. The Kier molecular flexibility index (Phi) is 6.79. The number of thioether (sulfide) groups is 1. The van der Waals surface area contributed by atoms with Crippen LogP contribution in [0.2, 0.25) is 0 Å². The lowest BCUT2D eigenvalue weighted by Gasteiger charge is -2.13. The maximum Gasteiger partial charge on any atom is 0.263 e. The average Bonchev–Trinajstić information content (AvgIpc) is 3.13. The summed E-state index contributed by atoms with van der Waals surface area (Å²) in [5.74, 6) is 0.0699. The third-order valence-corrected chi connectivity index (χ3v) is 7.72. The molecule has 0 radical (unpaired) electrons. The second kappa shape index (κ2) is 9.54. The minimum absolute atomic E-state index is 0.0149. The van der Waals surface area contributed by atoms with E-state index in [9.17, 15) is 9.59 Å². The molecule has 0 atom stereocenters. The standard InChI is InChI=1S/C23H27N3O3S2/c1-14-8-9-15(2)17(12-14)24-19(27)13-30-23-25-21-20(22(28)26(23)10-11-29-3)16-6-4-5-7-18(16)31-21/h8-9,12H,4-7,10-11,13H2,1-3H3,(H,24,27). The van der Waals surface area contributed by atoms with Crippen molar-refractivity contribution in [2.24, 2.45) is 0 Å². The summed E-state index contributed by atoms with van der Waals surface area (Å²) in [5, 5.41) is 4.32. The van der Waals surface area contributed by atoms with Crippen molar-refractivity contribution in [3.05, 3.63) is 50.1 Å². The number of anilines is 1. The Morgan fingerprint density at radius 3 is 2.90 bits per heavy atom. The fraction of sp³-hybridized carbons (Fsp3) is 0.435. The molecule has 0 aliphatic heterocycles. The summed E-state index contributed by atoms with van der Waals surface area (Å²) in [6.07, 6.45) is 4.25. The number of thiophene rings is 1. The van der Waals surface area contributed by atoms with E-state index in [0.29, 0.717) is 18.3 Å². The number of hydrogen-bond acceptors (Lipinski definition) is 6. The normalized spacial score (nSPS) is 13.4. The molecule has 0 bridgehead atoms. The maximum absolute atomic E-state index is 13.4. The van der Waals surface area contributed by atoms with E-state index >= 15 is 0 Å². The molecule has 1 aliphatic carbocycles. The number of fused-ring (bicyclic) bond motifs is 3. The number of methoxy groups -OCH3 is 1. The number of hydrogen-bond donors (Lipinski definition) is 1. The molecule has 0 saturated carbocycles. The largest absolute Gasteiger partial charge is 0.383 e. The molecule has 3 aromatic rings. The number of amides is 1. The zero-order valence-electron chi connectivity index (χ0n) is 18.1. The average molecular weight is 458 g/mol. The molecule has 2 heterocycles. The van der Waals surface area contributed by atoms with Gasteiger partial charge < -0.3 is 10.1 Å². The summed E-state index contributed by atoms with van der Waals surface area (Å²) in [6, 6.07) is 5.98. The van der Waals surface area contributed by atoms with Gasteiger partial charge in [0, 0.05) is 17.7 Å². The minimum atomic E-state index is -0.114. The number of carbonyl (C=O) groups is 1. The van der Waals surface area contributed by atoms with E-state index in [2.05, 4.69) is 5.32 Å². The Bertz CT molecular complexity index is 1180. The highest BCUT2D eigenvalue weighted by Crippen LogP contribution is 2.34. The maximum atomic E-state index is 13.4. The molecule has 1 N–H and O–H groups in total. The van der Waals surface area contributed by atoms with Gasteiger partial charge in [0.05, 0.1) is 24.3 Å². The minimum Gasteiger partial charge on any atom is -0.383 e. The van der Waals surface area contributed by atoms with E-state index in [0.717, 1.165) is 52.7 Å². The first-order chi connectivity index (χ1) is 15.0. The first kappa shape index (κ1) is 22.0. The fourth-order valence-electron chi connectivity index (χ4n) is 3.90. The molecule has 0 fully saturated rings. The summed E-state index contributed by atoms with van der Waals surface area (Å²) in [6.45, 7) is 4.81. The summed E-state index contributed by atoms with van der Waals surface area (Å²) in [4.78, 5) is 32.9. The number of aromatic nitrogens is 2. The summed E-state index contributed by atoms with van der Waals surface area (Å²) < 4.78 is 6.89. The summed E-state index contributed by atoms with van der Waals surface area (Å²) >= 11 is 2.93. The van der Waals surface area contributed by atoms with Crippen molar-refractivity contribution in [2.45, 2.75) is 51.2 Å². The van der Waals surface area contributed by atoms with Crippen molar-refractivity contribution < 1.29 is 9.53 Å². The van der Waals surface area contributed by atoms with E-state index in [4.69, 9.17) is 9.72 Å². The topological polar surface area (TPSA) is 73.2 Å². The summed E-state index contributed by atoms with van der Waals surface area (Å²) in [7, 11) is 1.62. The Morgan fingerprint density at radius 2 is 2.10 bits per heavy atom. The molecule has 6 nitrogen and oxygen atoms in total. The third kappa shape index (κ3) is 4.71. The van der Waals surface area contributed by atoms with Crippen LogP contribution in [0.15, 0.2) is 28.2 Å². The van der Waals surface area contributed by atoms with E-state index < -0.39 is 0 Å². The molecule has 164 valence electrons. The molecule has 1 aromatic carbocycles. The Morgan fingerprint density at radius 1 is 1.29 bits per heavy atom. The second-order valence-corrected chi connectivity index (χ2v) is 9.92. The SMILES string of the molecule is COCCn1c(SCC(=O)Nc2cc(C)ccc2C)nc2sc3c(c2c1=O)CCCC3. The van der Waals surface area contributed by atoms with Crippen LogP contribution in [0, 0.1) is 13.8 Å². The van der Waals surface area contributed by atoms with Crippen LogP contribution in [-0.4, -0.2) is 34.9 Å². The highest BCUT2D eigenvalue weighted by molar-refractivity contribution is 7.99. The zero-order chi connectivity index (χ0) is 22.0. The number of benzene rings is 1. The molecule has 4 rings (SSSR count). The van der Waals surface area contributed by atoms with Crippen molar-refractivity contribution in [1.29, 1.82) is 0 Å². The van der Waals surface area contributed by atoms with Gasteiger partial charge >= 0.3 is 0 Å². The van der Waals surface area contributed by atoms with Gasteiger partial charge in [0.2, 0.25) is 5.91 Å².